The highest BCUT2D eigenvalue weighted by molar-refractivity contribution is 6.20. The highest BCUT2D eigenvalue weighted by Crippen LogP contribution is 2.45. The van der Waals surface area contributed by atoms with Crippen LogP contribution in [0.2, 0.25) is 0 Å². The van der Waals surface area contributed by atoms with E-state index in [1.165, 1.54) is 32.1 Å². The third-order valence-electron chi connectivity index (χ3n) is 5.81. The number of hydrogen-bond acceptors (Lipinski definition) is 8. The minimum Gasteiger partial charge on any atom is -0.476 e. The van der Waals surface area contributed by atoms with E-state index in [9.17, 15) is 24.6 Å². The van der Waals surface area contributed by atoms with Crippen LogP contribution in [0, 0.1) is 5.92 Å². The molecular formula is C20H23ClO8. The summed E-state index contributed by atoms with van der Waals surface area (Å²) >= 11 is 5.90. The molecular weight excluding hydrogens is 404 g/mol. The number of fused-ring (bicyclic) bond motifs is 3. The Morgan fingerprint density at radius 3 is 2.66 bits per heavy atom. The highest BCUT2D eigenvalue weighted by atomic mass is 35.5. The fraction of sp³-hybridized carbons (Fsp3) is 0.550. The van der Waals surface area contributed by atoms with E-state index in [4.69, 9.17) is 25.8 Å². The van der Waals surface area contributed by atoms with E-state index < -0.39 is 59.0 Å². The van der Waals surface area contributed by atoms with E-state index in [1.54, 1.807) is 13.8 Å². The summed E-state index contributed by atoms with van der Waals surface area (Å²) < 4.78 is 16.6. The van der Waals surface area contributed by atoms with Crippen LogP contribution < -0.4 is 0 Å². The fourth-order valence-electron chi connectivity index (χ4n) is 3.73. The number of hydrogen-bond donors (Lipinski definition) is 2. The molecule has 2 N–H and O–H groups in total. The molecule has 3 aliphatic rings. The van der Waals surface area contributed by atoms with Crippen LogP contribution in [0.1, 0.15) is 27.7 Å². The van der Waals surface area contributed by atoms with Gasteiger partial charge >= 0.3 is 11.9 Å². The molecule has 1 saturated heterocycles. The van der Waals surface area contributed by atoms with Crippen LogP contribution in [0.4, 0.5) is 0 Å². The van der Waals surface area contributed by atoms with Gasteiger partial charge in [0.2, 0.25) is 5.78 Å². The molecule has 8 nitrogen and oxygen atoms in total. The number of aliphatic hydroxyl groups excluding tert-OH is 1. The number of alkyl halides is 1. The average Bonchev–Trinajstić information content (AvgIpc) is 3.13. The zero-order valence-corrected chi connectivity index (χ0v) is 17.2. The second-order valence-electron chi connectivity index (χ2n) is 7.67. The number of aliphatic hydroxyl groups is 2. The van der Waals surface area contributed by atoms with Gasteiger partial charge in [0.15, 0.2) is 11.2 Å². The number of carbonyl (C=O) groups is 3. The van der Waals surface area contributed by atoms with Gasteiger partial charge in [-0.05, 0) is 39.3 Å². The van der Waals surface area contributed by atoms with Crippen LogP contribution in [0.25, 0.3) is 0 Å². The summed E-state index contributed by atoms with van der Waals surface area (Å²) in [5.41, 5.74) is -3.32. The summed E-state index contributed by atoms with van der Waals surface area (Å²) in [6.07, 6.45) is -0.0782. The van der Waals surface area contributed by atoms with Gasteiger partial charge in [-0.2, -0.15) is 0 Å². The topological polar surface area (TPSA) is 119 Å². The smallest absolute Gasteiger partial charge is 0.340 e. The standard InChI is InChI=1S/C20H23ClO8/c1-5-9(2)17(24)28-15-14-12(27-18(25)20(14,26)8-21)6-10(3)11-7-13(22)19(4,29-11)16(15)23/h5-7,12,14-16,23,26H,8H2,1-4H3/b9-5+,10-6-/t12-,14+,15+,16+,19+,20+/m1/s1. The fourth-order valence-corrected chi connectivity index (χ4v) is 4.02. The predicted octanol–water partition coefficient (Wildman–Crippen LogP) is 0.939. The van der Waals surface area contributed by atoms with Crippen molar-refractivity contribution in [3.8, 4) is 0 Å². The molecule has 0 unspecified atom stereocenters. The van der Waals surface area contributed by atoms with Gasteiger partial charge in [0, 0.05) is 11.6 Å². The van der Waals surface area contributed by atoms with Gasteiger partial charge in [-0.25, -0.2) is 9.59 Å². The van der Waals surface area contributed by atoms with E-state index in [0.717, 1.165) is 0 Å². The Kier molecular flexibility index (Phi) is 5.40. The van der Waals surface area contributed by atoms with Crippen molar-refractivity contribution in [1.29, 1.82) is 0 Å². The zero-order valence-electron chi connectivity index (χ0n) is 16.5. The molecule has 0 saturated carbocycles. The van der Waals surface area contributed by atoms with Crippen molar-refractivity contribution in [2.75, 3.05) is 5.88 Å². The third kappa shape index (κ3) is 3.19. The van der Waals surface area contributed by atoms with Crippen LogP contribution >= 0.6 is 11.6 Å². The number of ketones is 1. The lowest BCUT2D eigenvalue weighted by molar-refractivity contribution is -0.186. The molecule has 3 rings (SSSR count). The molecule has 0 aromatic rings. The maximum Gasteiger partial charge on any atom is 0.340 e. The van der Waals surface area contributed by atoms with Crippen molar-refractivity contribution in [2.24, 2.45) is 5.92 Å². The van der Waals surface area contributed by atoms with Crippen molar-refractivity contribution < 1.29 is 38.8 Å². The van der Waals surface area contributed by atoms with Gasteiger partial charge in [-0.15, -0.1) is 11.6 Å². The lowest BCUT2D eigenvalue weighted by Gasteiger charge is -2.39. The van der Waals surface area contributed by atoms with Gasteiger partial charge < -0.3 is 24.4 Å². The molecule has 3 heterocycles. The first-order chi connectivity index (χ1) is 13.5. The van der Waals surface area contributed by atoms with Crippen LogP contribution in [0.15, 0.2) is 35.1 Å². The molecule has 2 bridgehead atoms. The summed E-state index contributed by atoms with van der Waals surface area (Å²) in [4.78, 5) is 37.6. The molecule has 29 heavy (non-hydrogen) atoms. The Labute approximate surface area is 172 Å². The molecule has 0 amide bonds. The monoisotopic (exact) mass is 426 g/mol. The van der Waals surface area contributed by atoms with Crippen molar-refractivity contribution in [3.05, 3.63) is 35.1 Å². The molecule has 0 aliphatic carbocycles. The molecule has 9 heteroatoms. The summed E-state index contributed by atoms with van der Waals surface area (Å²) in [6, 6.07) is 0. The molecule has 0 aromatic heterocycles. The Morgan fingerprint density at radius 1 is 1.41 bits per heavy atom. The number of carbonyl (C=O) groups excluding carboxylic acids is 3. The second kappa shape index (κ2) is 7.27. The van der Waals surface area contributed by atoms with E-state index in [-0.39, 0.29) is 11.3 Å². The molecule has 3 aliphatic heterocycles. The maximum atomic E-state index is 12.6. The number of ether oxygens (including phenoxy) is 3. The van der Waals surface area contributed by atoms with E-state index in [0.29, 0.717) is 5.57 Å². The number of halogens is 1. The quantitative estimate of drug-likeness (QED) is 0.388. The maximum absolute atomic E-state index is 12.6. The summed E-state index contributed by atoms with van der Waals surface area (Å²) in [6.45, 7) is 6.13. The summed E-state index contributed by atoms with van der Waals surface area (Å²) in [5.74, 6) is -3.94. The van der Waals surface area contributed by atoms with Gasteiger partial charge in [-0.3, -0.25) is 4.79 Å². The van der Waals surface area contributed by atoms with E-state index in [1.807, 2.05) is 0 Å². The van der Waals surface area contributed by atoms with Crippen LogP contribution in [-0.2, 0) is 28.6 Å². The van der Waals surface area contributed by atoms with E-state index in [2.05, 4.69) is 0 Å². The largest absolute Gasteiger partial charge is 0.476 e. The first kappa shape index (κ1) is 21.5. The van der Waals surface area contributed by atoms with Crippen molar-refractivity contribution >= 4 is 29.3 Å². The highest BCUT2D eigenvalue weighted by Gasteiger charge is 2.65. The Morgan fingerprint density at radius 2 is 2.07 bits per heavy atom. The zero-order chi connectivity index (χ0) is 21.7. The molecule has 0 radical (unpaired) electrons. The van der Waals surface area contributed by atoms with Crippen LogP contribution in [-0.4, -0.2) is 63.3 Å². The Balaban J connectivity index is 2.19. The second-order valence-corrected chi connectivity index (χ2v) is 7.94. The van der Waals surface area contributed by atoms with E-state index >= 15 is 0 Å². The first-order valence-corrected chi connectivity index (χ1v) is 9.68. The minimum absolute atomic E-state index is 0.198. The summed E-state index contributed by atoms with van der Waals surface area (Å²) in [7, 11) is 0. The molecule has 158 valence electrons. The molecule has 6 atom stereocenters. The summed E-state index contributed by atoms with van der Waals surface area (Å²) in [5, 5.41) is 22.1. The van der Waals surface area contributed by atoms with Gasteiger partial charge in [-0.1, -0.05) is 6.08 Å². The average molecular weight is 427 g/mol. The van der Waals surface area contributed by atoms with Gasteiger partial charge in [0.25, 0.3) is 0 Å². The van der Waals surface area contributed by atoms with Crippen molar-refractivity contribution in [3.63, 3.8) is 0 Å². The molecule has 1 fully saturated rings. The third-order valence-corrected chi connectivity index (χ3v) is 6.22. The molecule has 0 aromatic carbocycles. The SMILES string of the molecule is C/C=C(\C)C(=O)O[C@H]1[C@@H]2[C@@H](/C=C(/C)C3=CC(=O)[C@](C)(O3)[C@H]1O)OC(=O)[C@]2(O)CCl. The van der Waals surface area contributed by atoms with Gasteiger partial charge in [0.1, 0.15) is 24.1 Å². The van der Waals surface area contributed by atoms with Crippen molar-refractivity contribution in [1.82, 2.24) is 0 Å². The number of esters is 2. The Hall–Kier alpha value is -2.16. The first-order valence-electron chi connectivity index (χ1n) is 9.15. The van der Waals surface area contributed by atoms with Crippen LogP contribution in [0.3, 0.4) is 0 Å². The predicted molar refractivity (Wildman–Crippen MR) is 101 cm³/mol. The lowest BCUT2D eigenvalue weighted by atomic mass is 9.76. The number of rotatable bonds is 3. The molecule has 0 spiro atoms. The normalized spacial score (nSPS) is 41.1. The Bertz CT molecular complexity index is 859. The minimum atomic E-state index is -2.24. The number of allylic oxidation sites excluding steroid dienone is 2. The van der Waals surface area contributed by atoms with Crippen molar-refractivity contribution in [2.45, 2.75) is 57.2 Å². The van der Waals surface area contributed by atoms with Gasteiger partial charge in [0.05, 0.1) is 11.8 Å². The van der Waals surface area contributed by atoms with Crippen LogP contribution in [0.5, 0.6) is 0 Å². The lowest BCUT2D eigenvalue weighted by Crippen LogP contribution is -2.60.